The van der Waals surface area contributed by atoms with Gasteiger partial charge in [-0.1, -0.05) is 36.3 Å². The number of carbonyl (C=O) groups is 1. The lowest BCUT2D eigenvalue weighted by molar-refractivity contribution is -0.137. The number of alkyl halides is 3. The summed E-state index contributed by atoms with van der Waals surface area (Å²) in [6, 6.07) is 12.9. The number of oxime groups is 1. The van der Waals surface area contributed by atoms with Crippen LogP contribution in [0.1, 0.15) is 36.5 Å². The molecule has 166 valence electrons. The maximum absolute atomic E-state index is 12.8. The Hall–Kier alpha value is -3.03. The lowest BCUT2D eigenvalue weighted by Crippen LogP contribution is -2.36. The van der Waals surface area contributed by atoms with Crippen molar-refractivity contribution < 1.29 is 22.8 Å². The van der Waals surface area contributed by atoms with Gasteiger partial charge in [-0.25, -0.2) is 0 Å². The molecule has 0 aromatic heterocycles. The number of halogens is 3. The number of anilines is 1. The van der Waals surface area contributed by atoms with Gasteiger partial charge in [-0.2, -0.15) is 13.2 Å². The van der Waals surface area contributed by atoms with Crippen LogP contribution in [0.15, 0.2) is 53.7 Å². The van der Waals surface area contributed by atoms with Gasteiger partial charge in [0.15, 0.2) is 6.10 Å². The third-order valence-corrected chi connectivity index (χ3v) is 5.18. The summed E-state index contributed by atoms with van der Waals surface area (Å²) in [5.74, 6) is -0.0905. The van der Waals surface area contributed by atoms with E-state index >= 15 is 0 Å². The van der Waals surface area contributed by atoms with Crippen LogP contribution in [-0.4, -0.2) is 43.3 Å². The summed E-state index contributed by atoms with van der Waals surface area (Å²) in [5.41, 5.74) is 2.78. The lowest BCUT2D eigenvalue weighted by Gasteiger charge is -2.24. The minimum Gasteiger partial charge on any atom is -0.390 e. The van der Waals surface area contributed by atoms with Crippen molar-refractivity contribution >= 4 is 17.3 Å². The standard InChI is InChI=1S/C23H26F3N3O2/c1-4-22(30)29(14-16-5-9-18(10-6-16)23(24,25)26)15-20-13-21(27-31-20)17-7-11-19(12-8-17)28(2)3/h5-12,20H,4,13-15H2,1-3H3/t20-/m0/s1. The van der Waals surface area contributed by atoms with E-state index in [9.17, 15) is 18.0 Å². The molecule has 3 rings (SSSR count). The number of amides is 1. The Morgan fingerprint density at radius 2 is 1.74 bits per heavy atom. The molecule has 0 N–H and O–H groups in total. The normalized spacial score (nSPS) is 15.9. The average molecular weight is 433 g/mol. The monoisotopic (exact) mass is 433 g/mol. The molecule has 0 saturated heterocycles. The van der Waals surface area contributed by atoms with E-state index < -0.39 is 11.7 Å². The van der Waals surface area contributed by atoms with E-state index in [-0.39, 0.29) is 18.6 Å². The molecule has 2 aromatic rings. The maximum atomic E-state index is 12.8. The first-order chi connectivity index (χ1) is 14.7. The highest BCUT2D eigenvalue weighted by Gasteiger charge is 2.30. The van der Waals surface area contributed by atoms with Crippen LogP contribution in [-0.2, 0) is 22.4 Å². The predicted octanol–water partition coefficient (Wildman–Crippen LogP) is 4.70. The molecule has 8 heteroatoms. The summed E-state index contributed by atoms with van der Waals surface area (Å²) in [6.07, 6.45) is -3.82. The van der Waals surface area contributed by atoms with Crippen LogP contribution in [0.4, 0.5) is 18.9 Å². The Labute approximate surface area is 180 Å². The fourth-order valence-electron chi connectivity index (χ4n) is 3.39. The van der Waals surface area contributed by atoms with Crippen LogP contribution < -0.4 is 4.90 Å². The van der Waals surface area contributed by atoms with E-state index in [1.807, 2.05) is 43.3 Å². The van der Waals surface area contributed by atoms with Crippen LogP contribution in [0.25, 0.3) is 0 Å². The lowest BCUT2D eigenvalue weighted by atomic mass is 10.0. The summed E-state index contributed by atoms with van der Waals surface area (Å²) < 4.78 is 38.3. The quantitative estimate of drug-likeness (QED) is 0.636. The maximum Gasteiger partial charge on any atom is 0.416 e. The van der Waals surface area contributed by atoms with Crippen molar-refractivity contribution in [2.75, 3.05) is 25.5 Å². The molecule has 0 fully saturated rings. The Morgan fingerprint density at radius 1 is 1.10 bits per heavy atom. The van der Waals surface area contributed by atoms with Crippen LogP contribution in [0, 0.1) is 0 Å². The van der Waals surface area contributed by atoms with E-state index in [2.05, 4.69) is 5.16 Å². The zero-order valence-corrected chi connectivity index (χ0v) is 17.8. The minimum atomic E-state index is -4.38. The van der Waals surface area contributed by atoms with E-state index in [0.29, 0.717) is 24.9 Å². The molecule has 31 heavy (non-hydrogen) atoms. The van der Waals surface area contributed by atoms with Gasteiger partial charge in [0.2, 0.25) is 5.91 Å². The van der Waals surface area contributed by atoms with Crippen molar-refractivity contribution in [3.8, 4) is 0 Å². The molecule has 0 aliphatic carbocycles. The molecule has 0 radical (unpaired) electrons. The van der Waals surface area contributed by atoms with Crippen LogP contribution in [0.2, 0.25) is 0 Å². The van der Waals surface area contributed by atoms with Crippen molar-refractivity contribution in [2.24, 2.45) is 5.16 Å². The van der Waals surface area contributed by atoms with Gasteiger partial charge < -0.3 is 14.6 Å². The van der Waals surface area contributed by atoms with Crippen molar-refractivity contribution in [3.63, 3.8) is 0 Å². The average Bonchev–Trinajstić information content (AvgIpc) is 3.21. The number of carbonyl (C=O) groups excluding carboxylic acids is 1. The first-order valence-corrected chi connectivity index (χ1v) is 10.1. The van der Waals surface area contributed by atoms with Gasteiger partial charge in [0.05, 0.1) is 17.8 Å². The summed E-state index contributed by atoms with van der Waals surface area (Å²) in [4.78, 5) is 21.6. The number of rotatable bonds is 7. The van der Waals surface area contributed by atoms with Gasteiger partial charge in [-0.15, -0.1) is 0 Å². The fraction of sp³-hybridized carbons (Fsp3) is 0.391. The summed E-state index contributed by atoms with van der Waals surface area (Å²) >= 11 is 0. The molecule has 0 bridgehead atoms. The van der Waals surface area contributed by atoms with E-state index in [1.165, 1.54) is 12.1 Å². The summed E-state index contributed by atoms with van der Waals surface area (Å²) in [7, 11) is 3.94. The molecule has 1 aliphatic rings. The molecule has 1 aliphatic heterocycles. The second-order valence-electron chi connectivity index (χ2n) is 7.73. The molecular formula is C23H26F3N3O2. The zero-order chi connectivity index (χ0) is 22.6. The number of nitrogens with zero attached hydrogens (tertiary/aromatic N) is 3. The molecule has 2 aromatic carbocycles. The predicted molar refractivity (Wildman–Crippen MR) is 114 cm³/mol. The minimum absolute atomic E-state index is 0.0905. The molecule has 0 spiro atoms. The smallest absolute Gasteiger partial charge is 0.390 e. The molecule has 1 atom stereocenters. The van der Waals surface area contributed by atoms with Crippen molar-refractivity contribution in [1.82, 2.24) is 4.90 Å². The Balaban J connectivity index is 1.63. The van der Waals surface area contributed by atoms with Crippen LogP contribution in [0.5, 0.6) is 0 Å². The van der Waals surface area contributed by atoms with E-state index in [0.717, 1.165) is 29.1 Å². The number of benzene rings is 2. The number of hydrogen-bond acceptors (Lipinski definition) is 4. The van der Waals surface area contributed by atoms with Crippen LogP contribution in [0.3, 0.4) is 0 Å². The second kappa shape index (κ2) is 9.41. The third-order valence-electron chi connectivity index (χ3n) is 5.18. The van der Waals surface area contributed by atoms with Gasteiger partial charge in [-0.05, 0) is 35.4 Å². The topological polar surface area (TPSA) is 45.1 Å². The highest BCUT2D eigenvalue weighted by molar-refractivity contribution is 6.01. The SMILES string of the molecule is CCC(=O)N(Cc1ccc(C(F)(F)F)cc1)C[C@@H]1CC(c2ccc(N(C)C)cc2)=NO1. The fourth-order valence-corrected chi connectivity index (χ4v) is 3.39. The van der Waals surface area contributed by atoms with Crippen molar-refractivity contribution in [1.29, 1.82) is 0 Å². The molecule has 0 unspecified atom stereocenters. The van der Waals surface area contributed by atoms with E-state index in [1.54, 1.807) is 11.8 Å². The van der Waals surface area contributed by atoms with Crippen molar-refractivity contribution in [2.45, 2.75) is 38.6 Å². The third kappa shape index (κ3) is 5.77. The van der Waals surface area contributed by atoms with Crippen molar-refractivity contribution in [3.05, 3.63) is 65.2 Å². The first kappa shape index (κ1) is 22.7. The Morgan fingerprint density at radius 3 is 2.29 bits per heavy atom. The molecule has 1 amide bonds. The highest BCUT2D eigenvalue weighted by atomic mass is 19.4. The molecular weight excluding hydrogens is 407 g/mol. The summed E-state index contributed by atoms with van der Waals surface area (Å²) in [6.45, 7) is 2.29. The zero-order valence-electron chi connectivity index (χ0n) is 17.8. The summed E-state index contributed by atoms with van der Waals surface area (Å²) in [5, 5.41) is 4.19. The largest absolute Gasteiger partial charge is 0.416 e. The molecule has 1 heterocycles. The van der Waals surface area contributed by atoms with Gasteiger partial charge >= 0.3 is 6.18 Å². The second-order valence-corrected chi connectivity index (χ2v) is 7.73. The Bertz CT molecular complexity index is 923. The van der Waals surface area contributed by atoms with Crippen LogP contribution >= 0.6 is 0 Å². The van der Waals surface area contributed by atoms with Gasteiger partial charge in [0.25, 0.3) is 0 Å². The highest BCUT2D eigenvalue weighted by Crippen LogP contribution is 2.29. The van der Waals surface area contributed by atoms with Gasteiger partial charge in [-0.3, -0.25) is 4.79 Å². The molecule has 5 nitrogen and oxygen atoms in total. The Kier molecular flexibility index (Phi) is 6.87. The molecule has 0 saturated carbocycles. The number of hydrogen-bond donors (Lipinski definition) is 0. The first-order valence-electron chi connectivity index (χ1n) is 10.1. The van der Waals surface area contributed by atoms with Gasteiger partial charge in [0.1, 0.15) is 0 Å². The van der Waals surface area contributed by atoms with Gasteiger partial charge in [0, 0.05) is 39.2 Å². The van der Waals surface area contributed by atoms with E-state index in [4.69, 9.17) is 4.84 Å².